The second-order valence-electron chi connectivity index (χ2n) is 4.69. The van der Waals surface area contributed by atoms with E-state index in [1.807, 2.05) is 0 Å². The van der Waals surface area contributed by atoms with Crippen LogP contribution in [0.2, 0.25) is 0 Å². The van der Waals surface area contributed by atoms with Crippen LogP contribution in [-0.2, 0) is 11.2 Å². The van der Waals surface area contributed by atoms with Crippen LogP contribution in [0.25, 0.3) is 0 Å². The molecule has 0 aromatic carbocycles. The Morgan fingerprint density at radius 3 is 2.58 bits per heavy atom. The monoisotopic (exact) mass is 261 g/mol. The lowest BCUT2D eigenvalue weighted by molar-refractivity contribution is -0.451. The van der Waals surface area contributed by atoms with Crippen LogP contribution in [0.5, 0.6) is 0 Å². The first-order valence-electron chi connectivity index (χ1n) is 6.25. The zero-order valence-corrected chi connectivity index (χ0v) is 11.4. The van der Waals surface area contributed by atoms with Crippen LogP contribution < -0.4 is 0 Å². The highest BCUT2D eigenvalue weighted by Gasteiger charge is 2.35. The van der Waals surface area contributed by atoms with E-state index in [0.717, 1.165) is 17.0 Å². The van der Waals surface area contributed by atoms with E-state index in [2.05, 4.69) is 15.2 Å². The van der Waals surface area contributed by atoms with Crippen LogP contribution in [0.15, 0.2) is 28.9 Å². The molecule has 1 N–H and O–H groups in total. The molecule has 6 heteroatoms. The first kappa shape index (κ1) is 13.3. The van der Waals surface area contributed by atoms with Crippen molar-refractivity contribution in [1.29, 1.82) is 0 Å². The van der Waals surface area contributed by atoms with Crippen LogP contribution in [0.3, 0.4) is 0 Å². The molecule has 0 saturated heterocycles. The maximum atomic E-state index is 12.1. The van der Waals surface area contributed by atoms with E-state index in [9.17, 15) is 9.70 Å². The third kappa shape index (κ3) is 2.52. The average molecular weight is 261 g/mol. The Hall–Kier alpha value is -2.11. The van der Waals surface area contributed by atoms with E-state index in [1.54, 1.807) is 20.8 Å². The standard InChI is InChI=1S/C13H17N4O2/c1-8-10(3)17(19)11(9(2)13(8)18)5-4-6-12-14-7-15-16-12/h7H,4-6H2,1-3H3,(H,14,15,16)/q+1. The predicted octanol–water partition coefficient (Wildman–Crippen LogP) is 2.06. The fourth-order valence-electron chi connectivity index (χ4n) is 2.15. The lowest BCUT2D eigenvalue weighted by atomic mass is 9.96. The summed E-state index contributed by atoms with van der Waals surface area (Å²) < 4.78 is 0.881. The zero-order valence-electron chi connectivity index (χ0n) is 11.4. The molecule has 0 bridgehead atoms. The molecule has 0 aliphatic carbocycles. The average Bonchev–Trinajstić information content (AvgIpc) is 2.91. The van der Waals surface area contributed by atoms with Gasteiger partial charge in [-0.2, -0.15) is 5.10 Å². The highest BCUT2D eigenvalue weighted by Crippen LogP contribution is 2.26. The summed E-state index contributed by atoms with van der Waals surface area (Å²) in [6, 6.07) is 0. The van der Waals surface area contributed by atoms with Crippen LogP contribution in [0.4, 0.5) is 0 Å². The summed E-state index contributed by atoms with van der Waals surface area (Å²) in [7, 11) is 0. The van der Waals surface area contributed by atoms with Crippen LogP contribution in [0.1, 0.15) is 39.4 Å². The highest BCUT2D eigenvalue weighted by molar-refractivity contribution is 6.08. The number of carbonyl (C=O) groups is 1. The minimum absolute atomic E-state index is 0.0285. The fraction of sp³-hybridized carbons (Fsp3) is 0.462. The molecule has 1 aliphatic heterocycles. The minimum atomic E-state index is -0.0285. The number of allylic oxidation sites excluding steroid dienone is 4. The van der Waals surface area contributed by atoms with Gasteiger partial charge in [-0.3, -0.25) is 9.89 Å². The molecule has 0 fully saturated rings. The van der Waals surface area contributed by atoms with Gasteiger partial charge in [-0.05, 0) is 20.3 Å². The van der Waals surface area contributed by atoms with E-state index in [4.69, 9.17) is 0 Å². The Bertz CT molecular complexity index is 582. The molecule has 0 atom stereocenters. The van der Waals surface area contributed by atoms with Gasteiger partial charge in [-0.15, -0.1) is 0 Å². The first-order valence-corrected chi connectivity index (χ1v) is 6.25. The molecule has 6 nitrogen and oxygen atoms in total. The number of aromatic nitrogens is 3. The molecular formula is C13H17N4O2+. The molecule has 1 aliphatic rings. The van der Waals surface area contributed by atoms with Crippen LogP contribution >= 0.6 is 0 Å². The summed E-state index contributed by atoms with van der Waals surface area (Å²) in [5.41, 5.74) is 2.14. The number of carbonyl (C=O) groups excluding carboxylic acids is 1. The number of ketones is 1. The van der Waals surface area contributed by atoms with Crippen molar-refractivity contribution in [2.75, 3.05) is 0 Å². The van der Waals surface area contributed by atoms with E-state index in [1.165, 1.54) is 6.33 Å². The lowest BCUT2D eigenvalue weighted by Crippen LogP contribution is -2.21. The van der Waals surface area contributed by atoms with Crippen molar-refractivity contribution in [3.8, 4) is 0 Å². The quantitative estimate of drug-likeness (QED) is 0.841. The van der Waals surface area contributed by atoms with Gasteiger partial charge in [0.2, 0.25) is 11.4 Å². The molecule has 2 heterocycles. The summed E-state index contributed by atoms with van der Waals surface area (Å²) in [6.45, 7) is 5.09. The normalized spacial score (nSPS) is 16.6. The van der Waals surface area contributed by atoms with Crippen molar-refractivity contribution in [3.05, 3.63) is 39.6 Å². The molecule has 19 heavy (non-hydrogen) atoms. The Labute approximate surface area is 111 Å². The number of rotatable bonds is 4. The number of nitroso groups, excluding NO2 is 1. The van der Waals surface area contributed by atoms with Crippen molar-refractivity contribution < 1.29 is 9.55 Å². The second kappa shape index (κ2) is 5.26. The third-order valence-corrected chi connectivity index (χ3v) is 3.50. The summed E-state index contributed by atoms with van der Waals surface area (Å²) in [5, 5.41) is 6.55. The van der Waals surface area contributed by atoms with Gasteiger partial charge >= 0.3 is 0 Å². The topological polar surface area (TPSA) is 78.7 Å². The number of nitrogens with one attached hydrogen (secondary N) is 1. The maximum Gasteiger partial charge on any atom is 0.246 e. The number of aryl methyl sites for hydroxylation is 1. The van der Waals surface area contributed by atoms with Gasteiger partial charge in [-0.25, -0.2) is 4.98 Å². The number of hydrogen-bond acceptors (Lipinski definition) is 4. The van der Waals surface area contributed by atoms with Gasteiger partial charge in [0.25, 0.3) is 0 Å². The molecule has 1 aromatic heterocycles. The Morgan fingerprint density at radius 1 is 1.21 bits per heavy atom. The summed E-state index contributed by atoms with van der Waals surface area (Å²) in [4.78, 5) is 28.1. The molecule has 100 valence electrons. The fourth-order valence-corrected chi connectivity index (χ4v) is 2.15. The van der Waals surface area contributed by atoms with Gasteiger partial charge in [0.1, 0.15) is 12.2 Å². The van der Waals surface area contributed by atoms with Crippen molar-refractivity contribution in [2.24, 2.45) is 0 Å². The van der Waals surface area contributed by atoms with Crippen LogP contribution in [-0.4, -0.2) is 25.7 Å². The highest BCUT2D eigenvalue weighted by atomic mass is 16.3. The van der Waals surface area contributed by atoms with Gasteiger partial charge in [0, 0.05) is 24.7 Å². The summed E-state index contributed by atoms with van der Waals surface area (Å²) in [5.74, 6) is 0.764. The number of nitrogens with zero attached hydrogens (tertiary/aromatic N) is 3. The van der Waals surface area contributed by atoms with Gasteiger partial charge in [0.05, 0.1) is 15.9 Å². The minimum Gasteiger partial charge on any atom is -0.289 e. The van der Waals surface area contributed by atoms with Crippen molar-refractivity contribution in [3.63, 3.8) is 0 Å². The molecule has 0 radical (unpaired) electrons. The van der Waals surface area contributed by atoms with E-state index < -0.39 is 0 Å². The largest absolute Gasteiger partial charge is 0.289 e. The maximum absolute atomic E-state index is 12.1. The second-order valence-corrected chi connectivity index (χ2v) is 4.69. The first-order chi connectivity index (χ1) is 9.02. The SMILES string of the molecule is CC1=C(C)[N+](=O)C(CCCc2ncn[nH]2)=C(C)C1=O. The number of Topliss-reactive ketones (excluding diaryl/α,β-unsaturated/α-hetero) is 1. The molecule has 2 rings (SSSR count). The predicted molar refractivity (Wildman–Crippen MR) is 69.0 cm³/mol. The summed E-state index contributed by atoms with van der Waals surface area (Å²) >= 11 is 0. The Kier molecular flexibility index (Phi) is 3.69. The Morgan fingerprint density at radius 2 is 1.95 bits per heavy atom. The van der Waals surface area contributed by atoms with Crippen LogP contribution in [0, 0.1) is 4.91 Å². The number of hydrogen-bond donors (Lipinski definition) is 1. The van der Waals surface area contributed by atoms with Gasteiger partial charge in [-0.1, -0.05) is 0 Å². The number of H-pyrrole nitrogens is 1. The summed E-state index contributed by atoms with van der Waals surface area (Å²) in [6.07, 6.45) is 3.48. The van der Waals surface area contributed by atoms with E-state index >= 15 is 0 Å². The molecule has 0 unspecified atom stereocenters. The van der Waals surface area contributed by atoms with Crippen molar-refractivity contribution in [2.45, 2.75) is 40.0 Å². The number of aromatic amines is 1. The molecule has 0 spiro atoms. The third-order valence-electron chi connectivity index (χ3n) is 3.50. The van der Waals surface area contributed by atoms with Crippen molar-refractivity contribution >= 4 is 5.78 Å². The molecule has 1 aromatic rings. The van der Waals surface area contributed by atoms with Gasteiger partial charge in [0.15, 0.2) is 5.78 Å². The Balaban J connectivity index is 2.07. The molecular weight excluding hydrogens is 244 g/mol. The zero-order chi connectivity index (χ0) is 14.0. The van der Waals surface area contributed by atoms with E-state index in [-0.39, 0.29) is 5.78 Å². The van der Waals surface area contributed by atoms with E-state index in [0.29, 0.717) is 35.4 Å². The smallest absolute Gasteiger partial charge is 0.246 e. The van der Waals surface area contributed by atoms with Gasteiger partial charge < -0.3 is 0 Å². The van der Waals surface area contributed by atoms with Crippen molar-refractivity contribution in [1.82, 2.24) is 15.2 Å². The molecule has 0 amide bonds. The molecule has 0 saturated carbocycles. The lowest BCUT2D eigenvalue weighted by Gasteiger charge is -2.10.